The van der Waals surface area contributed by atoms with Crippen molar-refractivity contribution in [2.75, 3.05) is 5.32 Å². The topological polar surface area (TPSA) is 24.9 Å². The van der Waals surface area contributed by atoms with Crippen molar-refractivity contribution in [1.82, 2.24) is 4.98 Å². The van der Waals surface area contributed by atoms with Gasteiger partial charge in [-0.25, -0.2) is 8.78 Å². The number of hydrogen-bond acceptors (Lipinski definition) is 2. The van der Waals surface area contributed by atoms with Crippen LogP contribution in [0.2, 0.25) is 0 Å². The quantitative estimate of drug-likeness (QED) is 0.617. The summed E-state index contributed by atoms with van der Waals surface area (Å²) < 4.78 is 65.2. The van der Waals surface area contributed by atoms with Gasteiger partial charge in [0, 0.05) is 22.8 Å². The fraction of sp³-hybridized carbons (Fsp3) is 0.118. The molecule has 0 saturated carbocycles. The third kappa shape index (κ3) is 3.15. The summed E-state index contributed by atoms with van der Waals surface area (Å²) in [7, 11) is 0. The Morgan fingerprint density at radius 2 is 1.67 bits per heavy atom. The van der Waals surface area contributed by atoms with Crippen molar-refractivity contribution >= 4 is 22.3 Å². The number of benzene rings is 2. The largest absolute Gasteiger partial charge is 0.416 e. The normalized spacial score (nSPS) is 11.8. The van der Waals surface area contributed by atoms with Crippen molar-refractivity contribution in [3.63, 3.8) is 0 Å². The number of rotatable bonds is 2. The molecule has 0 aliphatic heterocycles. The second kappa shape index (κ2) is 5.74. The SMILES string of the molecule is Cc1cc(Nc2ccc(F)cc2F)c2ccc(C(F)(F)F)cc2n1. The minimum Gasteiger partial charge on any atom is -0.353 e. The van der Waals surface area contributed by atoms with Gasteiger partial charge in [-0.15, -0.1) is 0 Å². The van der Waals surface area contributed by atoms with E-state index < -0.39 is 23.4 Å². The highest BCUT2D eigenvalue weighted by atomic mass is 19.4. The molecule has 3 rings (SSSR count). The van der Waals surface area contributed by atoms with Crippen LogP contribution in [0.1, 0.15) is 11.3 Å². The van der Waals surface area contributed by atoms with Gasteiger partial charge in [-0.2, -0.15) is 13.2 Å². The number of nitrogens with zero attached hydrogens (tertiary/aromatic N) is 1. The summed E-state index contributed by atoms with van der Waals surface area (Å²) in [4.78, 5) is 4.09. The van der Waals surface area contributed by atoms with Gasteiger partial charge < -0.3 is 5.32 Å². The molecule has 24 heavy (non-hydrogen) atoms. The highest BCUT2D eigenvalue weighted by Gasteiger charge is 2.30. The summed E-state index contributed by atoms with van der Waals surface area (Å²) in [5.41, 5.74) is 0.189. The molecule has 124 valence electrons. The van der Waals surface area contributed by atoms with Crippen LogP contribution in [0, 0.1) is 18.6 Å². The van der Waals surface area contributed by atoms with Crippen LogP contribution in [-0.4, -0.2) is 4.98 Å². The lowest BCUT2D eigenvalue weighted by Gasteiger charge is -2.13. The summed E-state index contributed by atoms with van der Waals surface area (Å²) >= 11 is 0. The number of pyridine rings is 1. The Morgan fingerprint density at radius 3 is 2.33 bits per heavy atom. The molecule has 0 aliphatic rings. The number of aryl methyl sites for hydroxylation is 1. The fourth-order valence-electron chi connectivity index (χ4n) is 2.38. The van der Waals surface area contributed by atoms with E-state index in [-0.39, 0.29) is 11.2 Å². The van der Waals surface area contributed by atoms with E-state index in [4.69, 9.17) is 0 Å². The minimum absolute atomic E-state index is 0.0168. The van der Waals surface area contributed by atoms with Crippen molar-refractivity contribution in [1.29, 1.82) is 0 Å². The first-order chi connectivity index (χ1) is 11.2. The average molecular weight is 338 g/mol. The molecule has 7 heteroatoms. The van der Waals surface area contributed by atoms with Gasteiger partial charge in [0.25, 0.3) is 0 Å². The molecule has 0 unspecified atom stereocenters. The number of fused-ring (bicyclic) bond motifs is 1. The van der Waals surface area contributed by atoms with E-state index in [1.165, 1.54) is 12.1 Å². The van der Waals surface area contributed by atoms with Crippen LogP contribution in [-0.2, 0) is 6.18 Å². The Balaban J connectivity index is 2.10. The van der Waals surface area contributed by atoms with Gasteiger partial charge in [0.1, 0.15) is 11.6 Å². The van der Waals surface area contributed by atoms with Crippen LogP contribution in [0.5, 0.6) is 0 Å². The summed E-state index contributed by atoms with van der Waals surface area (Å²) in [6.07, 6.45) is -4.48. The van der Waals surface area contributed by atoms with Gasteiger partial charge in [0.15, 0.2) is 0 Å². The van der Waals surface area contributed by atoms with Crippen LogP contribution in [0.25, 0.3) is 10.9 Å². The highest BCUT2D eigenvalue weighted by Crippen LogP contribution is 2.34. The van der Waals surface area contributed by atoms with Crippen LogP contribution < -0.4 is 5.32 Å². The van der Waals surface area contributed by atoms with E-state index in [0.717, 1.165) is 24.3 Å². The maximum Gasteiger partial charge on any atom is 0.416 e. The lowest BCUT2D eigenvalue weighted by molar-refractivity contribution is -0.137. The van der Waals surface area contributed by atoms with Crippen molar-refractivity contribution in [3.05, 3.63) is 65.4 Å². The molecule has 0 radical (unpaired) electrons. The molecule has 1 N–H and O–H groups in total. The van der Waals surface area contributed by atoms with Gasteiger partial charge in [-0.05, 0) is 37.3 Å². The lowest BCUT2D eigenvalue weighted by atomic mass is 10.1. The van der Waals surface area contributed by atoms with Gasteiger partial charge in [-0.3, -0.25) is 4.98 Å². The van der Waals surface area contributed by atoms with Crippen LogP contribution >= 0.6 is 0 Å². The Hall–Kier alpha value is -2.70. The molecule has 2 aromatic carbocycles. The number of nitrogens with one attached hydrogen (secondary N) is 1. The Bertz CT molecular complexity index is 919. The van der Waals surface area contributed by atoms with Gasteiger partial charge in [0.05, 0.1) is 16.8 Å². The summed E-state index contributed by atoms with van der Waals surface area (Å²) in [5, 5.41) is 3.18. The molecule has 0 amide bonds. The molecule has 1 heterocycles. The molecule has 0 saturated heterocycles. The van der Waals surface area contributed by atoms with Crippen molar-refractivity contribution in [2.45, 2.75) is 13.1 Å². The predicted molar refractivity (Wildman–Crippen MR) is 81.1 cm³/mol. The van der Waals surface area contributed by atoms with E-state index >= 15 is 0 Å². The Labute approximate surface area is 133 Å². The second-order valence-electron chi connectivity index (χ2n) is 5.29. The predicted octanol–water partition coefficient (Wildman–Crippen LogP) is 5.58. The highest BCUT2D eigenvalue weighted by molar-refractivity contribution is 5.93. The molecule has 1 aromatic heterocycles. The molecule has 0 spiro atoms. The van der Waals surface area contributed by atoms with Crippen LogP contribution in [0.15, 0.2) is 42.5 Å². The number of anilines is 2. The molecule has 0 bridgehead atoms. The van der Waals surface area contributed by atoms with Crippen molar-refractivity contribution < 1.29 is 22.0 Å². The first kappa shape index (κ1) is 16.2. The zero-order valence-corrected chi connectivity index (χ0v) is 12.4. The maximum atomic E-state index is 13.8. The van der Waals surface area contributed by atoms with E-state index in [2.05, 4.69) is 10.3 Å². The zero-order valence-electron chi connectivity index (χ0n) is 12.4. The van der Waals surface area contributed by atoms with Crippen LogP contribution in [0.4, 0.5) is 33.3 Å². The van der Waals surface area contributed by atoms with Gasteiger partial charge >= 0.3 is 6.18 Å². The smallest absolute Gasteiger partial charge is 0.353 e. The summed E-state index contributed by atoms with van der Waals surface area (Å²) in [5.74, 6) is -1.52. The third-order valence-corrected chi connectivity index (χ3v) is 3.47. The average Bonchev–Trinajstić information content (AvgIpc) is 2.48. The van der Waals surface area contributed by atoms with Crippen LogP contribution in [0.3, 0.4) is 0 Å². The van der Waals surface area contributed by atoms with E-state index in [1.54, 1.807) is 13.0 Å². The Morgan fingerprint density at radius 1 is 0.917 bits per heavy atom. The monoisotopic (exact) mass is 338 g/mol. The summed E-state index contributed by atoms with van der Waals surface area (Å²) in [6.45, 7) is 1.62. The van der Waals surface area contributed by atoms with Crippen molar-refractivity contribution in [2.24, 2.45) is 0 Å². The summed E-state index contributed by atoms with van der Waals surface area (Å²) in [6, 6.07) is 7.76. The molecule has 0 fully saturated rings. The first-order valence-corrected chi connectivity index (χ1v) is 6.95. The Kier molecular flexibility index (Phi) is 3.87. The minimum atomic E-state index is -4.48. The maximum absolute atomic E-state index is 13.8. The molecule has 2 nitrogen and oxygen atoms in total. The first-order valence-electron chi connectivity index (χ1n) is 6.95. The van der Waals surface area contributed by atoms with Gasteiger partial charge in [0.2, 0.25) is 0 Å². The number of halogens is 5. The molecular weight excluding hydrogens is 327 g/mol. The molecular formula is C17H11F5N2. The van der Waals surface area contributed by atoms with Gasteiger partial charge in [-0.1, -0.05) is 6.07 Å². The lowest BCUT2D eigenvalue weighted by Crippen LogP contribution is -2.05. The molecule has 0 aliphatic carbocycles. The molecule has 3 aromatic rings. The molecule has 0 atom stereocenters. The number of hydrogen-bond donors (Lipinski definition) is 1. The van der Waals surface area contributed by atoms with E-state index in [0.29, 0.717) is 16.8 Å². The van der Waals surface area contributed by atoms with E-state index in [1.807, 2.05) is 0 Å². The zero-order chi connectivity index (χ0) is 17.5. The number of aromatic nitrogens is 1. The van der Waals surface area contributed by atoms with E-state index in [9.17, 15) is 22.0 Å². The third-order valence-electron chi connectivity index (χ3n) is 3.47. The van der Waals surface area contributed by atoms with Crippen molar-refractivity contribution in [3.8, 4) is 0 Å². The second-order valence-corrected chi connectivity index (χ2v) is 5.29. The fourth-order valence-corrected chi connectivity index (χ4v) is 2.38. The standard InChI is InChI=1S/C17H11F5N2/c1-9-6-15(24-14-5-3-11(18)8-13(14)19)12-4-2-10(17(20,21)22)7-16(12)23-9/h2-8H,1H3,(H,23,24). The number of alkyl halides is 3.